The normalized spacial score (nSPS) is 21.3. The lowest BCUT2D eigenvalue weighted by Crippen LogP contribution is -2.38. The van der Waals surface area contributed by atoms with Gasteiger partial charge >= 0.3 is 0 Å². The molecular weight excluding hydrogens is 311 g/mol. The van der Waals surface area contributed by atoms with Gasteiger partial charge in [0.1, 0.15) is 6.17 Å². The molecule has 1 saturated heterocycles. The largest absolute Gasteiger partial charge is 0.394 e. The second-order valence-electron chi connectivity index (χ2n) is 5.16. The van der Waals surface area contributed by atoms with E-state index in [-0.39, 0.29) is 25.3 Å². The fourth-order valence-corrected chi connectivity index (χ4v) is 2.72. The molecule has 1 aromatic carbocycles. The molecule has 0 aliphatic carbocycles. The van der Waals surface area contributed by atoms with Crippen LogP contribution in [0, 0.1) is 0 Å². The number of aliphatic hydroxyl groups is 1. The molecule has 0 bridgehead atoms. The number of aromatic nitrogens is 3. The Hall–Kier alpha value is -1.99. The predicted molar refractivity (Wildman–Crippen MR) is 77.8 cm³/mol. The van der Waals surface area contributed by atoms with Crippen LogP contribution in [-0.2, 0) is 0 Å². The van der Waals surface area contributed by atoms with Crippen LogP contribution in [0.1, 0.15) is 16.9 Å². The second-order valence-corrected chi connectivity index (χ2v) is 5.59. The van der Waals surface area contributed by atoms with Crippen molar-refractivity contribution in [2.75, 3.05) is 13.2 Å². The standard InChI is InChI=1S/C14H14ClFN4O2/c15-9-2-1-3-11(4-9)20-7-13(17-18-20)14(22)19-6-10(16)5-12(19)8-21/h1-4,7,10,12,21H,5-6,8H2/t10-,12-/m0/s1. The average molecular weight is 325 g/mol. The van der Waals surface area contributed by atoms with Gasteiger partial charge in [-0.05, 0) is 18.2 Å². The maximum atomic E-state index is 13.4. The van der Waals surface area contributed by atoms with Crippen LogP contribution < -0.4 is 0 Å². The van der Waals surface area contributed by atoms with E-state index in [1.54, 1.807) is 24.3 Å². The van der Waals surface area contributed by atoms with Crippen molar-refractivity contribution in [3.8, 4) is 5.69 Å². The van der Waals surface area contributed by atoms with Gasteiger partial charge in [-0.25, -0.2) is 9.07 Å². The summed E-state index contributed by atoms with van der Waals surface area (Å²) in [4.78, 5) is 13.7. The van der Waals surface area contributed by atoms with Gasteiger partial charge in [-0.3, -0.25) is 4.79 Å². The smallest absolute Gasteiger partial charge is 0.276 e. The summed E-state index contributed by atoms with van der Waals surface area (Å²) >= 11 is 5.92. The summed E-state index contributed by atoms with van der Waals surface area (Å²) in [5, 5.41) is 17.5. The summed E-state index contributed by atoms with van der Waals surface area (Å²) < 4.78 is 14.9. The first-order chi connectivity index (χ1) is 10.6. The molecule has 0 spiro atoms. The number of carbonyl (C=O) groups is 1. The summed E-state index contributed by atoms with van der Waals surface area (Å²) in [6, 6.07) is 6.44. The van der Waals surface area contributed by atoms with Crippen molar-refractivity contribution >= 4 is 17.5 Å². The first-order valence-corrected chi connectivity index (χ1v) is 7.20. The van der Waals surface area contributed by atoms with Crippen molar-refractivity contribution in [1.82, 2.24) is 19.9 Å². The third-order valence-electron chi connectivity index (χ3n) is 3.62. The van der Waals surface area contributed by atoms with Crippen molar-refractivity contribution in [2.45, 2.75) is 18.6 Å². The molecule has 8 heteroatoms. The number of carbonyl (C=O) groups excluding carboxylic acids is 1. The minimum Gasteiger partial charge on any atom is -0.394 e. The highest BCUT2D eigenvalue weighted by atomic mass is 35.5. The lowest BCUT2D eigenvalue weighted by Gasteiger charge is -2.21. The molecular formula is C14H14ClFN4O2. The summed E-state index contributed by atoms with van der Waals surface area (Å²) in [7, 11) is 0. The predicted octanol–water partition coefficient (Wildman–Crippen LogP) is 1.47. The highest BCUT2D eigenvalue weighted by Crippen LogP contribution is 2.22. The van der Waals surface area contributed by atoms with E-state index in [1.807, 2.05) is 0 Å². The Morgan fingerprint density at radius 2 is 2.32 bits per heavy atom. The van der Waals surface area contributed by atoms with Crippen molar-refractivity contribution in [1.29, 1.82) is 0 Å². The van der Waals surface area contributed by atoms with Gasteiger partial charge in [-0.2, -0.15) is 0 Å². The highest BCUT2D eigenvalue weighted by Gasteiger charge is 2.36. The van der Waals surface area contributed by atoms with E-state index in [0.29, 0.717) is 10.7 Å². The first kappa shape index (κ1) is 14.9. The fraction of sp³-hybridized carbons (Fsp3) is 0.357. The van der Waals surface area contributed by atoms with Crippen LogP contribution in [0.25, 0.3) is 5.69 Å². The molecule has 0 unspecified atom stereocenters. The van der Waals surface area contributed by atoms with Crippen LogP contribution in [0.2, 0.25) is 5.02 Å². The highest BCUT2D eigenvalue weighted by molar-refractivity contribution is 6.30. The Balaban J connectivity index is 1.83. The molecule has 0 saturated carbocycles. The summed E-state index contributed by atoms with van der Waals surface area (Å²) in [6.45, 7) is -0.303. The van der Waals surface area contributed by atoms with Crippen LogP contribution in [0.4, 0.5) is 4.39 Å². The zero-order valence-corrected chi connectivity index (χ0v) is 12.3. The van der Waals surface area contributed by atoms with E-state index in [1.165, 1.54) is 15.8 Å². The molecule has 22 heavy (non-hydrogen) atoms. The molecule has 1 fully saturated rings. The van der Waals surface area contributed by atoms with Crippen LogP contribution in [0.15, 0.2) is 30.5 Å². The zero-order valence-electron chi connectivity index (χ0n) is 11.6. The fourth-order valence-electron chi connectivity index (χ4n) is 2.54. The number of aliphatic hydroxyl groups excluding tert-OH is 1. The zero-order chi connectivity index (χ0) is 15.7. The number of amides is 1. The number of hydrogen-bond donors (Lipinski definition) is 1. The number of halogens is 2. The molecule has 1 aromatic heterocycles. The molecule has 1 N–H and O–H groups in total. The topological polar surface area (TPSA) is 71.2 Å². The van der Waals surface area contributed by atoms with Crippen LogP contribution in [0.3, 0.4) is 0 Å². The molecule has 1 amide bonds. The number of hydrogen-bond acceptors (Lipinski definition) is 4. The van der Waals surface area contributed by atoms with E-state index < -0.39 is 18.1 Å². The number of rotatable bonds is 3. The quantitative estimate of drug-likeness (QED) is 0.928. The van der Waals surface area contributed by atoms with E-state index in [4.69, 9.17) is 11.6 Å². The molecule has 2 heterocycles. The van der Waals surface area contributed by atoms with Crippen molar-refractivity contribution in [2.24, 2.45) is 0 Å². The second kappa shape index (κ2) is 6.02. The summed E-state index contributed by atoms with van der Waals surface area (Å²) in [5.74, 6) is -0.438. The van der Waals surface area contributed by atoms with Gasteiger partial charge in [0.15, 0.2) is 5.69 Å². The van der Waals surface area contributed by atoms with Gasteiger partial charge in [0.2, 0.25) is 0 Å². The molecule has 2 atom stereocenters. The number of nitrogens with zero attached hydrogens (tertiary/aromatic N) is 4. The maximum Gasteiger partial charge on any atom is 0.276 e. The Morgan fingerprint density at radius 3 is 3.05 bits per heavy atom. The minimum atomic E-state index is -1.12. The summed E-state index contributed by atoms with van der Waals surface area (Å²) in [6.07, 6.45) is 0.489. The van der Waals surface area contributed by atoms with Gasteiger partial charge in [-0.15, -0.1) is 5.10 Å². The van der Waals surface area contributed by atoms with E-state index in [9.17, 15) is 14.3 Å². The van der Waals surface area contributed by atoms with E-state index in [0.717, 1.165) is 0 Å². The van der Waals surface area contributed by atoms with Gasteiger partial charge < -0.3 is 10.0 Å². The lowest BCUT2D eigenvalue weighted by atomic mass is 10.2. The Bertz CT molecular complexity index is 693. The van der Waals surface area contributed by atoms with Crippen molar-refractivity contribution in [3.05, 3.63) is 41.2 Å². The van der Waals surface area contributed by atoms with Gasteiger partial charge in [-0.1, -0.05) is 22.9 Å². The Kier molecular flexibility index (Phi) is 4.08. The van der Waals surface area contributed by atoms with Crippen LogP contribution >= 0.6 is 11.6 Å². The summed E-state index contributed by atoms with van der Waals surface area (Å²) in [5.41, 5.74) is 0.773. The molecule has 1 aliphatic heterocycles. The lowest BCUT2D eigenvalue weighted by molar-refractivity contribution is 0.0667. The number of likely N-dealkylation sites (tertiary alicyclic amines) is 1. The maximum absolute atomic E-state index is 13.4. The van der Waals surface area contributed by atoms with Gasteiger partial charge in [0, 0.05) is 11.4 Å². The van der Waals surface area contributed by atoms with Gasteiger partial charge in [0.25, 0.3) is 5.91 Å². The molecule has 1 aliphatic rings. The van der Waals surface area contributed by atoms with Crippen LogP contribution in [-0.4, -0.2) is 56.3 Å². The minimum absolute atomic E-state index is 0.0336. The van der Waals surface area contributed by atoms with Crippen LogP contribution in [0.5, 0.6) is 0 Å². The van der Waals surface area contributed by atoms with E-state index in [2.05, 4.69) is 10.3 Å². The third-order valence-corrected chi connectivity index (χ3v) is 3.86. The van der Waals surface area contributed by atoms with Crippen molar-refractivity contribution in [3.63, 3.8) is 0 Å². The third kappa shape index (κ3) is 2.82. The first-order valence-electron chi connectivity index (χ1n) is 6.82. The molecule has 116 valence electrons. The Labute approximate surface area is 131 Å². The molecule has 2 aromatic rings. The molecule has 6 nitrogen and oxygen atoms in total. The molecule has 3 rings (SSSR count). The van der Waals surface area contributed by atoms with E-state index >= 15 is 0 Å². The monoisotopic (exact) mass is 324 g/mol. The Morgan fingerprint density at radius 1 is 1.50 bits per heavy atom. The van der Waals surface area contributed by atoms with Crippen molar-refractivity contribution < 1.29 is 14.3 Å². The molecule has 0 radical (unpaired) electrons. The number of benzene rings is 1. The average Bonchev–Trinajstić information content (AvgIpc) is 3.13. The number of alkyl halides is 1. The SMILES string of the molecule is O=C(c1cn(-c2cccc(Cl)c2)nn1)N1C[C@@H](F)C[C@H]1CO. The van der Waals surface area contributed by atoms with Gasteiger partial charge in [0.05, 0.1) is 31.1 Å².